The maximum Gasteiger partial charge on any atom is 0.331 e. The van der Waals surface area contributed by atoms with E-state index in [1.165, 1.54) is 5.56 Å². The fraction of sp³-hybridized carbons (Fsp3) is 0.167. The van der Waals surface area contributed by atoms with Crippen molar-refractivity contribution in [1.29, 1.82) is 0 Å². The van der Waals surface area contributed by atoms with E-state index in [4.69, 9.17) is 0 Å². The van der Waals surface area contributed by atoms with Crippen LogP contribution in [0.4, 0.5) is 0 Å². The molecule has 0 aliphatic rings. The zero-order valence-electron chi connectivity index (χ0n) is 11.3. The Kier molecular flexibility index (Phi) is 5.13. The maximum atomic E-state index is 11.3. The van der Waals surface area contributed by atoms with Gasteiger partial charge in [-0.25, -0.2) is 4.79 Å². The Labute approximate surface area is 119 Å². The molecule has 0 fully saturated rings. The van der Waals surface area contributed by atoms with Crippen LogP contribution < -0.4 is 0 Å². The van der Waals surface area contributed by atoms with E-state index in [0.29, 0.717) is 12.0 Å². The molecule has 0 spiro atoms. The summed E-state index contributed by atoms with van der Waals surface area (Å²) in [5.41, 5.74) is 2.72. The molecule has 0 saturated heterocycles. The van der Waals surface area contributed by atoms with E-state index in [2.05, 4.69) is 12.1 Å². The summed E-state index contributed by atoms with van der Waals surface area (Å²) < 4.78 is 0. The normalized spacial score (nSPS) is 11.3. The second-order valence-corrected chi connectivity index (χ2v) is 4.72. The molecule has 0 bridgehead atoms. The largest absolute Gasteiger partial charge is 0.478 e. The molecule has 2 aromatic rings. The van der Waals surface area contributed by atoms with Crippen molar-refractivity contribution < 1.29 is 9.90 Å². The predicted octanol–water partition coefficient (Wildman–Crippen LogP) is 3.87. The van der Waals surface area contributed by atoms with Gasteiger partial charge in [0, 0.05) is 12.0 Å². The van der Waals surface area contributed by atoms with Gasteiger partial charge in [-0.2, -0.15) is 0 Å². The van der Waals surface area contributed by atoms with Gasteiger partial charge in [-0.15, -0.1) is 0 Å². The summed E-state index contributed by atoms with van der Waals surface area (Å²) in [6.45, 7) is 0. The van der Waals surface area contributed by atoms with Crippen molar-refractivity contribution in [3.8, 4) is 0 Å². The van der Waals surface area contributed by atoms with Gasteiger partial charge in [0.1, 0.15) is 0 Å². The standard InChI is InChI=1S/C18H18O2/c19-18(20)17(14-16-10-5-2-6-11-16)13-7-12-15-8-3-1-4-9-15/h1-6,8-11,13H,7,12,14H2,(H,19,20)/b17-13-. The minimum absolute atomic E-state index is 0.465. The van der Waals surface area contributed by atoms with Crippen LogP contribution in [0.25, 0.3) is 0 Å². The zero-order chi connectivity index (χ0) is 14.2. The lowest BCUT2D eigenvalue weighted by molar-refractivity contribution is -0.132. The predicted molar refractivity (Wildman–Crippen MR) is 80.6 cm³/mol. The van der Waals surface area contributed by atoms with E-state index in [1.54, 1.807) is 0 Å². The van der Waals surface area contributed by atoms with Crippen LogP contribution in [0.2, 0.25) is 0 Å². The first-order valence-electron chi connectivity index (χ1n) is 6.76. The molecule has 1 N–H and O–H groups in total. The number of rotatable bonds is 6. The second-order valence-electron chi connectivity index (χ2n) is 4.72. The van der Waals surface area contributed by atoms with Crippen LogP contribution in [-0.4, -0.2) is 11.1 Å². The highest BCUT2D eigenvalue weighted by Gasteiger charge is 2.07. The van der Waals surface area contributed by atoms with Crippen LogP contribution in [0, 0.1) is 0 Å². The quantitative estimate of drug-likeness (QED) is 0.806. The Balaban J connectivity index is 1.98. The average molecular weight is 266 g/mol. The van der Waals surface area contributed by atoms with Crippen molar-refractivity contribution in [2.24, 2.45) is 0 Å². The second kappa shape index (κ2) is 7.29. The van der Waals surface area contributed by atoms with Crippen LogP contribution >= 0.6 is 0 Å². The molecule has 0 unspecified atom stereocenters. The average Bonchev–Trinajstić information content (AvgIpc) is 2.48. The summed E-state index contributed by atoms with van der Waals surface area (Å²) in [6, 6.07) is 19.8. The van der Waals surface area contributed by atoms with E-state index in [9.17, 15) is 9.90 Å². The van der Waals surface area contributed by atoms with Crippen LogP contribution in [0.15, 0.2) is 72.3 Å². The van der Waals surface area contributed by atoms with Gasteiger partial charge in [0.2, 0.25) is 0 Å². The molecule has 2 heteroatoms. The minimum Gasteiger partial charge on any atom is -0.478 e. The van der Waals surface area contributed by atoms with Crippen molar-refractivity contribution in [2.75, 3.05) is 0 Å². The maximum absolute atomic E-state index is 11.3. The first-order chi connectivity index (χ1) is 9.75. The fourth-order valence-corrected chi connectivity index (χ4v) is 2.11. The molecule has 0 radical (unpaired) electrons. The van der Waals surface area contributed by atoms with Gasteiger partial charge in [0.05, 0.1) is 0 Å². The van der Waals surface area contributed by atoms with Gasteiger partial charge in [-0.1, -0.05) is 66.7 Å². The number of carboxylic acid groups (broad SMARTS) is 1. The van der Waals surface area contributed by atoms with Crippen molar-refractivity contribution >= 4 is 5.97 Å². The van der Waals surface area contributed by atoms with E-state index < -0.39 is 5.97 Å². The number of aryl methyl sites for hydroxylation is 1. The minimum atomic E-state index is -0.832. The van der Waals surface area contributed by atoms with Gasteiger partial charge < -0.3 is 5.11 Å². The van der Waals surface area contributed by atoms with Gasteiger partial charge in [0.15, 0.2) is 0 Å². The highest BCUT2D eigenvalue weighted by molar-refractivity contribution is 5.87. The fourth-order valence-electron chi connectivity index (χ4n) is 2.11. The van der Waals surface area contributed by atoms with Crippen LogP contribution in [0.5, 0.6) is 0 Å². The molecule has 0 aliphatic heterocycles. The monoisotopic (exact) mass is 266 g/mol. The third-order valence-corrected chi connectivity index (χ3v) is 3.18. The third-order valence-electron chi connectivity index (χ3n) is 3.18. The molecule has 0 atom stereocenters. The smallest absolute Gasteiger partial charge is 0.331 e. The highest BCUT2D eigenvalue weighted by Crippen LogP contribution is 2.11. The number of benzene rings is 2. The van der Waals surface area contributed by atoms with Crippen LogP contribution in [0.1, 0.15) is 17.5 Å². The van der Waals surface area contributed by atoms with Crippen molar-refractivity contribution in [3.63, 3.8) is 0 Å². The van der Waals surface area contributed by atoms with Crippen molar-refractivity contribution in [3.05, 3.63) is 83.4 Å². The summed E-state index contributed by atoms with van der Waals surface area (Å²) in [5, 5.41) is 9.26. The third kappa shape index (κ3) is 4.39. The number of aliphatic carboxylic acids is 1. The number of hydrogen-bond donors (Lipinski definition) is 1. The Bertz CT molecular complexity index is 571. The number of carboxylic acids is 1. The number of hydrogen-bond acceptors (Lipinski definition) is 1. The molecule has 0 aliphatic carbocycles. The Morgan fingerprint density at radius 2 is 1.45 bits per heavy atom. The lowest BCUT2D eigenvalue weighted by Gasteiger charge is -2.03. The Morgan fingerprint density at radius 3 is 2.00 bits per heavy atom. The first-order valence-corrected chi connectivity index (χ1v) is 6.76. The van der Waals surface area contributed by atoms with Crippen molar-refractivity contribution in [1.82, 2.24) is 0 Å². The number of allylic oxidation sites excluding steroid dienone is 1. The zero-order valence-corrected chi connectivity index (χ0v) is 11.3. The molecule has 0 aromatic heterocycles. The summed E-state index contributed by atoms with van der Waals surface area (Å²) in [7, 11) is 0. The Hall–Kier alpha value is -2.35. The van der Waals surface area contributed by atoms with Gasteiger partial charge in [0.25, 0.3) is 0 Å². The van der Waals surface area contributed by atoms with Crippen LogP contribution in [-0.2, 0) is 17.6 Å². The topological polar surface area (TPSA) is 37.3 Å². The number of carbonyl (C=O) groups is 1. The lowest BCUT2D eigenvalue weighted by atomic mass is 10.0. The summed E-state index contributed by atoms with van der Waals surface area (Å²) in [6.07, 6.45) is 3.93. The molecule has 0 heterocycles. The van der Waals surface area contributed by atoms with Gasteiger partial charge >= 0.3 is 5.97 Å². The molecular formula is C18H18O2. The highest BCUT2D eigenvalue weighted by atomic mass is 16.4. The van der Waals surface area contributed by atoms with Gasteiger partial charge in [-0.3, -0.25) is 0 Å². The molecule has 102 valence electrons. The Morgan fingerprint density at radius 1 is 0.900 bits per heavy atom. The summed E-state index contributed by atoms with van der Waals surface area (Å²) in [4.78, 5) is 11.3. The van der Waals surface area contributed by atoms with E-state index >= 15 is 0 Å². The van der Waals surface area contributed by atoms with E-state index in [0.717, 1.165) is 18.4 Å². The summed E-state index contributed by atoms with van der Waals surface area (Å²) in [5.74, 6) is -0.832. The van der Waals surface area contributed by atoms with E-state index in [1.807, 2.05) is 54.6 Å². The molecular weight excluding hydrogens is 248 g/mol. The van der Waals surface area contributed by atoms with E-state index in [-0.39, 0.29) is 0 Å². The molecule has 20 heavy (non-hydrogen) atoms. The SMILES string of the molecule is O=C(O)/C(=C\CCc1ccccc1)Cc1ccccc1. The van der Waals surface area contributed by atoms with Crippen LogP contribution in [0.3, 0.4) is 0 Å². The summed E-state index contributed by atoms with van der Waals surface area (Å²) >= 11 is 0. The molecule has 2 nitrogen and oxygen atoms in total. The lowest BCUT2D eigenvalue weighted by Crippen LogP contribution is -2.04. The first kappa shape index (κ1) is 14.1. The van der Waals surface area contributed by atoms with Gasteiger partial charge in [-0.05, 0) is 24.0 Å². The molecule has 2 aromatic carbocycles. The molecule has 0 saturated carbocycles. The molecule has 0 amide bonds. The van der Waals surface area contributed by atoms with Crippen molar-refractivity contribution in [2.45, 2.75) is 19.3 Å². The molecule has 2 rings (SSSR count).